The third-order valence-electron chi connectivity index (χ3n) is 7.36. The van der Waals surface area contributed by atoms with Crippen molar-refractivity contribution in [1.29, 1.82) is 0 Å². The first-order chi connectivity index (χ1) is 17.8. The standard InChI is InChI=1S/C27H33N7O3/c1-17-13-18(14-20-16-28-32-22(17)20)15-21(24(35)33(2)3)29-26(37)34-11-9-27(10-12-34)25(36)30-23(31-27)19-7-5-4-6-8-19/h4-8,13-14,16,21,24,35H,9-12,15H2,1-3H3,(H,28,32)(H,29,37)(H,30,31,36). The molecule has 1 spiro atoms. The number of piperidine rings is 1. The minimum absolute atomic E-state index is 0.114. The van der Waals surface area contributed by atoms with Crippen LogP contribution in [0.4, 0.5) is 4.79 Å². The summed E-state index contributed by atoms with van der Waals surface area (Å²) in [6.45, 7) is 2.81. The zero-order valence-corrected chi connectivity index (χ0v) is 21.4. The summed E-state index contributed by atoms with van der Waals surface area (Å²) in [6.07, 6.45) is 2.24. The Balaban J connectivity index is 1.27. The van der Waals surface area contributed by atoms with Crippen molar-refractivity contribution in [3.05, 3.63) is 65.4 Å². The summed E-state index contributed by atoms with van der Waals surface area (Å²) in [6, 6.07) is 12.9. The third kappa shape index (κ3) is 4.94. The van der Waals surface area contributed by atoms with Gasteiger partial charge in [0.1, 0.15) is 17.6 Å². The number of aromatic nitrogens is 2. The van der Waals surface area contributed by atoms with Gasteiger partial charge >= 0.3 is 6.03 Å². The van der Waals surface area contributed by atoms with Gasteiger partial charge in [-0.15, -0.1) is 0 Å². The number of H-pyrrole nitrogens is 1. The van der Waals surface area contributed by atoms with Gasteiger partial charge in [-0.2, -0.15) is 5.10 Å². The molecule has 0 bridgehead atoms. The number of aliphatic hydroxyl groups is 1. The molecule has 1 aromatic heterocycles. The second kappa shape index (κ2) is 9.95. The van der Waals surface area contributed by atoms with Crippen molar-refractivity contribution in [1.82, 2.24) is 30.6 Å². The Kier molecular flexibility index (Phi) is 6.70. The smallest absolute Gasteiger partial charge is 0.317 e. The van der Waals surface area contributed by atoms with E-state index in [0.29, 0.717) is 38.2 Å². The molecule has 3 amide bonds. The number of aryl methyl sites for hydroxylation is 1. The Morgan fingerprint density at radius 1 is 1.22 bits per heavy atom. The predicted molar refractivity (Wildman–Crippen MR) is 141 cm³/mol. The van der Waals surface area contributed by atoms with Gasteiger partial charge in [0.15, 0.2) is 0 Å². The number of nitrogens with one attached hydrogen (secondary N) is 3. The van der Waals surface area contributed by atoms with Gasteiger partial charge in [-0.3, -0.25) is 19.8 Å². The second-order valence-corrected chi connectivity index (χ2v) is 10.2. The number of nitrogens with zero attached hydrogens (tertiary/aromatic N) is 4. The number of likely N-dealkylation sites (tertiary alicyclic amines) is 1. The lowest BCUT2D eigenvalue weighted by Crippen LogP contribution is -2.57. The predicted octanol–water partition coefficient (Wildman–Crippen LogP) is 1.78. The molecule has 2 unspecified atom stereocenters. The normalized spacial score (nSPS) is 18.7. The van der Waals surface area contributed by atoms with Crippen LogP contribution in [0.25, 0.3) is 10.9 Å². The first kappa shape index (κ1) is 24.9. The van der Waals surface area contributed by atoms with Crippen LogP contribution in [0.15, 0.2) is 53.7 Å². The van der Waals surface area contributed by atoms with Gasteiger partial charge in [-0.05, 0) is 57.5 Å². The van der Waals surface area contributed by atoms with Crippen LogP contribution in [0, 0.1) is 6.92 Å². The lowest BCUT2D eigenvalue weighted by Gasteiger charge is -2.37. The van der Waals surface area contributed by atoms with Crippen LogP contribution in [0.1, 0.15) is 29.5 Å². The average Bonchev–Trinajstić information content (AvgIpc) is 3.49. The molecule has 37 heavy (non-hydrogen) atoms. The summed E-state index contributed by atoms with van der Waals surface area (Å²) in [5.74, 6) is 0.472. The topological polar surface area (TPSA) is 126 Å². The maximum atomic E-state index is 13.3. The molecule has 0 saturated carbocycles. The first-order valence-electron chi connectivity index (χ1n) is 12.5. The van der Waals surface area contributed by atoms with E-state index in [0.717, 1.165) is 27.6 Å². The molecular formula is C27H33N7O3. The molecule has 2 aromatic carbocycles. The van der Waals surface area contributed by atoms with Crippen molar-refractivity contribution < 1.29 is 14.7 Å². The molecule has 10 nitrogen and oxygen atoms in total. The van der Waals surface area contributed by atoms with Crippen molar-refractivity contribution in [3.8, 4) is 0 Å². The molecule has 3 aromatic rings. The van der Waals surface area contributed by atoms with Crippen LogP contribution >= 0.6 is 0 Å². The highest BCUT2D eigenvalue weighted by Crippen LogP contribution is 2.31. The summed E-state index contributed by atoms with van der Waals surface area (Å²) in [7, 11) is 3.56. The fraction of sp³-hybridized carbons (Fsp3) is 0.407. The van der Waals surface area contributed by atoms with Crippen LogP contribution in [0.5, 0.6) is 0 Å². The molecule has 2 atom stereocenters. The quantitative estimate of drug-likeness (QED) is 0.382. The number of aliphatic hydroxyl groups excluding tert-OH is 1. The van der Waals surface area contributed by atoms with Crippen molar-refractivity contribution >= 4 is 28.7 Å². The highest BCUT2D eigenvalue weighted by atomic mass is 16.3. The molecule has 4 N–H and O–H groups in total. The number of urea groups is 1. The third-order valence-corrected chi connectivity index (χ3v) is 7.36. The molecular weight excluding hydrogens is 470 g/mol. The van der Waals surface area contributed by atoms with Gasteiger partial charge in [0.05, 0.1) is 17.8 Å². The monoisotopic (exact) mass is 503 g/mol. The number of benzene rings is 2. The van der Waals surface area contributed by atoms with Crippen LogP contribution in [-0.2, 0) is 11.2 Å². The summed E-state index contributed by atoms with van der Waals surface area (Å²) in [5.41, 5.74) is 3.06. The van der Waals surface area contributed by atoms with Gasteiger partial charge in [-0.1, -0.05) is 36.4 Å². The molecule has 0 aliphatic carbocycles. The zero-order chi connectivity index (χ0) is 26.2. The highest BCUT2D eigenvalue weighted by Gasteiger charge is 2.46. The van der Waals surface area contributed by atoms with E-state index >= 15 is 0 Å². The lowest BCUT2D eigenvalue weighted by atomic mass is 9.88. The van der Waals surface area contributed by atoms with E-state index in [1.54, 1.807) is 30.1 Å². The van der Waals surface area contributed by atoms with E-state index in [2.05, 4.69) is 20.8 Å². The molecule has 10 heteroatoms. The molecule has 1 fully saturated rings. The number of fused-ring (bicyclic) bond motifs is 1. The Bertz CT molecular complexity index is 1330. The van der Waals surface area contributed by atoms with E-state index < -0.39 is 17.8 Å². The van der Waals surface area contributed by atoms with E-state index in [1.807, 2.05) is 49.4 Å². The molecule has 2 aliphatic rings. The summed E-state index contributed by atoms with van der Waals surface area (Å²) >= 11 is 0. The van der Waals surface area contributed by atoms with Gasteiger partial charge in [0.2, 0.25) is 0 Å². The number of amidine groups is 1. The van der Waals surface area contributed by atoms with Crippen LogP contribution in [-0.4, -0.2) is 87.9 Å². The van der Waals surface area contributed by atoms with E-state index in [-0.39, 0.29) is 11.9 Å². The number of hydrogen-bond acceptors (Lipinski definition) is 6. The fourth-order valence-corrected chi connectivity index (χ4v) is 5.19. The number of rotatable bonds is 6. The molecule has 194 valence electrons. The van der Waals surface area contributed by atoms with Crippen molar-refractivity contribution in [2.45, 2.75) is 44.0 Å². The van der Waals surface area contributed by atoms with Crippen molar-refractivity contribution in [3.63, 3.8) is 0 Å². The molecule has 1 saturated heterocycles. The van der Waals surface area contributed by atoms with Gasteiger partial charge in [-0.25, -0.2) is 4.79 Å². The molecule has 2 aliphatic heterocycles. The van der Waals surface area contributed by atoms with Crippen molar-refractivity contribution in [2.75, 3.05) is 27.2 Å². The molecule has 5 rings (SSSR count). The molecule has 3 heterocycles. The molecule has 0 radical (unpaired) electrons. The van der Waals surface area contributed by atoms with Gasteiger partial charge in [0, 0.05) is 24.0 Å². The Labute approximate surface area is 215 Å². The number of likely N-dealkylation sites (N-methyl/N-ethyl adjacent to an activating group) is 1. The maximum absolute atomic E-state index is 13.3. The van der Waals surface area contributed by atoms with Crippen LogP contribution in [0.3, 0.4) is 0 Å². The van der Waals surface area contributed by atoms with Crippen molar-refractivity contribution in [2.24, 2.45) is 4.99 Å². The Morgan fingerprint density at radius 3 is 2.65 bits per heavy atom. The SMILES string of the molecule is Cc1cc(CC(NC(=O)N2CCC3(CC2)N=C(c2ccccc2)NC3=O)C(O)N(C)C)cc2cn[nH]c12. The largest absolute Gasteiger partial charge is 0.376 e. The van der Waals surface area contributed by atoms with Gasteiger partial charge in [0.25, 0.3) is 5.91 Å². The average molecular weight is 504 g/mol. The number of amides is 3. The minimum Gasteiger partial charge on any atom is -0.376 e. The number of carbonyl (C=O) groups is 2. The highest BCUT2D eigenvalue weighted by molar-refractivity contribution is 6.15. The zero-order valence-electron chi connectivity index (χ0n) is 21.4. The number of aliphatic imine (C=N–C) groups is 1. The minimum atomic E-state index is -0.876. The summed E-state index contributed by atoms with van der Waals surface area (Å²) < 4.78 is 0. The number of carbonyl (C=O) groups excluding carboxylic acids is 2. The Hall–Kier alpha value is -3.76. The first-order valence-corrected chi connectivity index (χ1v) is 12.5. The summed E-state index contributed by atoms with van der Waals surface area (Å²) in [4.78, 5) is 34.3. The van der Waals surface area contributed by atoms with E-state index in [4.69, 9.17) is 4.99 Å². The van der Waals surface area contributed by atoms with E-state index in [1.165, 1.54) is 0 Å². The Morgan fingerprint density at radius 2 is 1.95 bits per heavy atom. The number of hydrogen-bond donors (Lipinski definition) is 4. The van der Waals surface area contributed by atoms with Crippen LogP contribution < -0.4 is 10.6 Å². The second-order valence-electron chi connectivity index (χ2n) is 10.2. The van der Waals surface area contributed by atoms with E-state index in [9.17, 15) is 14.7 Å². The lowest BCUT2D eigenvalue weighted by molar-refractivity contribution is -0.125. The summed E-state index contributed by atoms with van der Waals surface area (Å²) in [5, 5.41) is 24.9. The van der Waals surface area contributed by atoms with Gasteiger partial charge < -0.3 is 20.6 Å². The van der Waals surface area contributed by atoms with Crippen LogP contribution in [0.2, 0.25) is 0 Å². The fourth-order valence-electron chi connectivity index (χ4n) is 5.19. The maximum Gasteiger partial charge on any atom is 0.317 e. The number of aromatic amines is 1.